The van der Waals surface area contributed by atoms with E-state index >= 15 is 0 Å². The van der Waals surface area contributed by atoms with Crippen LogP contribution in [0.15, 0.2) is 60.9 Å². The van der Waals surface area contributed by atoms with Crippen LogP contribution in [0.4, 0.5) is 0 Å². The van der Waals surface area contributed by atoms with Crippen molar-refractivity contribution in [3.8, 4) is 11.6 Å². The van der Waals surface area contributed by atoms with Crippen molar-refractivity contribution < 1.29 is 5.11 Å². The predicted octanol–water partition coefficient (Wildman–Crippen LogP) is 7.01. The summed E-state index contributed by atoms with van der Waals surface area (Å²) < 4.78 is 4.24. The third kappa shape index (κ3) is 6.16. The van der Waals surface area contributed by atoms with Crippen LogP contribution in [0.1, 0.15) is 67.2 Å². The smallest absolute Gasteiger partial charge is 0.136 e. The molecular weight excluding hydrogens is 444 g/mol. The normalized spacial score (nSPS) is 11.6. The summed E-state index contributed by atoms with van der Waals surface area (Å²) in [6.07, 6.45) is 2.99. The molecule has 0 radical (unpaired) electrons. The van der Waals surface area contributed by atoms with Crippen molar-refractivity contribution in [2.75, 3.05) is 5.88 Å². The van der Waals surface area contributed by atoms with Crippen molar-refractivity contribution in [2.24, 2.45) is 0 Å². The van der Waals surface area contributed by atoms with Crippen LogP contribution in [0, 0.1) is 27.7 Å². The van der Waals surface area contributed by atoms with E-state index in [9.17, 15) is 5.11 Å². The Morgan fingerprint density at radius 2 is 1.09 bits per heavy atom. The molecule has 0 aliphatic carbocycles. The summed E-state index contributed by atoms with van der Waals surface area (Å²) in [7, 11) is 0. The van der Waals surface area contributed by atoms with Gasteiger partial charge in [0, 0.05) is 40.7 Å². The first kappa shape index (κ1) is 27.4. The Labute approximate surface area is 209 Å². The van der Waals surface area contributed by atoms with E-state index in [4.69, 9.17) is 11.6 Å². The molecule has 0 aliphatic rings. The van der Waals surface area contributed by atoms with Crippen molar-refractivity contribution in [2.45, 2.75) is 61.0 Å². The van der Waals surface area contributed by atoms with E-state index in [1.807, 2.05) is 32.2 Å². The molecule has 1 unspecified atom stereocenters. The van der Waals surface area contributed by atoms with Crippen molar-refractivity contribution in [1.29, 1.82) is 0 Å². The number of hydrogen-bond donors (Lipinski definition) is 1. The maximum absolute atomic E-state index is 9.58. The summed E-state index contributed by atoms with van der Waals surface area (Å²) in [4.78, 5) is 8.88. The van der Waals surface area contributed by atoms with Crippen LogP contribution in [0.2, 0.25) is 0 Å². The van der Waals surface area contributed by atoms with Gasteiger partial charge < -0.3 is 14.2 Å². The van der Waals surface area contributed by atoms with E-state index in [1.165, 1.54) is 17.0 Å². The van der Waals surface area contributed by atoms with Gasteiger partial charge >= 0.3 is 0 Å². The van der Waals surface area contributed by atoms with Gasteiger partial charge in [-0.2, -0.15) is 0 Å². The Hall–Kier alpha value is -2.89. The number of halogens is 1. The second kappa shape index (κ2) is 12.0. The molecular formula is C28H37ClN4O. The Balaban J connectivity index is 0.000000234. The molecule has 182 valence electrons. The Bertz CT molecular complexity index is 1140. The number of aliphatic hydroxyl groups is 1. The van der Waals surface area contributed by atoms with Crippen molar-refractivity contribution in [3.63, 3.8) is 0 Å². The van der Waals surface area contributed by atoms with Gasteiger partial charge in [-0.25, -0.2) is 9.97 Å². The molecule has 0 saturated heterocycles. The fourth-order valence-electron chi connectivity index (χ4n) is 3.75. The maximum atomic E-state index is 9.58. The van der Waals surface area contributed by atoms with Crippen LogP contribution < -0.4 is 0 Å². The zero-order chi connectivity index (χ0) is 24.1. The first-order valence-electron chi connectivity index (χ1n) is 11.2. The lowest BCUT2D eigenvalue weighted by Crippen LogP contribution is -2.04. The molecule has 0 fully saturated rings. The average molecular weight is 481 g/mol. The van der Waals surface area contributed by atoms with E-state index in [0.29, 0.717) is 5.92 Å². The van der Waals surface area contributed by atoms with E-state index in [2.05, 4.69) is 83.2 Å². The number of aliphatic hydroxyl groups excluding tert-OH is 1. The molecule has 5 nitrogen and oxygen atoms in total. The number of alkyl halides is 1. The largest absolute Gasteiger partial charge is 0.387 e. The van der Waals surface area contributed by atoms with Gasteiger partial charge in [0.15, 0.2) is 0 Å². The second-order valence-corrected chi connectivity index (χ2v) is 8.94. The lowest BCUT2D eigenvalue weighted by molar-refractivity contribution is 0.202. The topological polar surface area (TPSA) is 55.9 Å². The summed E-state index contributed by atoms with van der Waals surface area (Å²) in [5, 5.41) is 9.58. The molecule has 0 aromatic carbocycles. The average Bonchev–Trinajstić information content (AvgIpc) is 3.33. The first-order valence-corrected chi connectivity index (χ1v) is 11.7. The Morgan fingerprint density at radius 1 is 0.706 bits per heavy atom. The quantitative estimate of drug-likeness (QED) is 0.312. The third-order valence-corrected chi connectivity index (χ3v) is 6.03. The van der Waals surface area contributed by atoms with Crippen molar-refractivity contribution in [3.05, 3.63) is 94.8 Å². The molecule has 0 bridgehead atoms. The lowest BCUT2D eigenvalue weighted by Gasteiger charge is -2.10. The highest BCUT2D eigenvalue weighted by Gasteiger charge is 2.09. The molecule has 0 saturated carbocycles. The lowest BCUT2D eigenvalue weighted by atomic mass is 10.1. The van der Waals surface area contributed by atoms with E-state index in [0.717, 1.165) is 28.6 Å². The van der Waals surface area contributed by atoms with Crippen LogP contribution in [-0.4, -0.2) is 30.1 Å². The van der Waals surface area contributed by atoms with Gasteiger partial charge in [-0.1, -0.05) is 33.4 Å². The summed E-state index contributed by atoms with van der Waals surface area (Å²) in [6, 6.07) is 16.3. The van der Waals surface area contributed by atoms with Gasteiger partial charge in [0.2, 0.25) is 0 Å². The van der Waals surface area contributed by atoms with E-state index < -0.39 is 6.10 Å². The van der Waals surface area contributed by atoms with Gasteiger partial charge in [-0.15, -0.1) is 11.6 Å². The van der Waals surface area contributed by atoms with Crippen LogP contribution in [0.5, 0.6) is 0 Å². The minimum absolute atomic E-state index is 0. The number of hydrogen-bond acceptors (Lipinski definition) is 3. The Morgan fingerprint density at radius 3 is 1.38 bits per heavy atom. The predicted molar refractivity (Wildman–Crippen MR) is 143 cm³/mol. The van der Waals surface area contributed by atoms with E-state index in [1.54, 1.807) is 6.20 Å². The summed E-state index contributed by atoms with van der Waals surface area (Å²) in [6.45, 7) is 12.6. The highest BCUT2D eigenvalue weighted by Crippen LogP contribution is 2.19. The first-order chi connectivity index (χ1) is 15.7. The van der Waals surface area contributed by atoms with Gasteiger partial charge in [0.05, 0.1) is 12.0 Å². The third-order valence-electron chi connectivity index (χ3n) is 5.74. The number of aromatic nitrogens is 4. The SMILES string of the molecule is C.Cc1ccc(C)n1-c1ccc(C(C)C)cn1.Cc1ccc(C)n1-c1ccc(C(O)CCl)cn1. The van der Waals surface area contributed by atoms with Gasteiger partial charge in [0.1, 0.15) is 11.6 Å². The minimum atomic E-state index is -0.648. The van der Waals surface area contributed by atoms with Gasteiger partial charge in [-0.3, -0.25) is 0 Å². The molecule has 4 aromatic heterocycles. The molecule has 34 heavy (non-hydrogen) atoms. The standard InChI is InChI=1S/C14H18N2.C13H15ClN2O.CH4/c1-10(2)13-7-8-14(15-9-13)16-11(3)5-6-12(16)4;1-9-3-4-10(2)16(9)13-6-5-11(8-15-13)12(17)7-14;/h5-10H,1-4H3;3-6,8,12,17H,7H2,1-2H3;1H4. The molecule has 1 atom stereocenters. The molecule has 0 spiro atoms. The molecule has 4 heterocycles. The number of aryl methyl sites for hydroxylation is 4. The fourth-order valence-corrected chi connectivity index (χ4v) is 3.93. The van der Waals surface area contributed by atoms with Gasteiger partial charge in [0.25, 0.3) is 0 Å². The maximum Gasteiger partial charge on any atom is 0.136 e. The summed E-state index contributed by atoms with van der Waals surface area (Å²) in [5.74, 6) is 2.58. The van der Waals surface area contributed by atoms with Crippen molar-refractivity contribution in [1.82, 2.24) is 19.1 Å². The Kier molecular flexibility index (Phi) is 9.66. The highest BCUT2D eigenvalue weighted by atomic mass is 35.5. The summed E-state index contributed by atoms with van der Waals surface area (Å²) in [5.41, 5.74) is 6.75. The molecule has 0 amide bonds. The number of nitrogens with zero attached hydrogens (tertiary/aromatic N) is 4. The monoisotopic (exact) mass is 480 g/mol. The number of pyridine rings is 2. The summed E-state index contributed by atoms with van der Waals surface area (Å²) >= 11 is 5.59. The highest BCUT2D eigenvalue weighted by molar-refractivity contribution is 6.18. The fraction of sp³-hybridized carbons (Fsp3) is 0.357. The van der Waals surface area contributed by atoms with Crippen LogP contribution in [0.3, 0.4) is 0 Å². The van der Waals surface area contributed by atoms with E-state index in [-0.39, 0.29) is 13.3 Å². The zero-order valence-corrected chi connectivity index (χ0v) is 21.0. The van der Waals surface area contributed by atoms with Gasteiger partial charge in [-0.05, 0) is 75.6 Å². The molecule has 1 N–H and O–H groups in total. The molecule has 6 heteroatoms. The van der Waals surface area contributed by atoms with Crippen molar-refractivity contribution >= 4 is 11.6 Å². The molecule has 0 aliphatic heterocycles. The van der Waals surface area contributed by atoms with Crippen LogP contribution >= 0.6 is 11.6 Å². The van der Waals surface area contributed by atoms with Crippen LogP contribution in [-0.2, 0) is 0 Å². The number of rotatable bonds is 5. The molecule has 4 aromatic rings. The zero-order valence-electron chi connectivity index (χ0n) is 20.2. The molecule has 4 rings (SSSR count). The second-order valence-electron chi connectivity index (χ2n) is 8.63. The minimum Gasteiger partial charge on any atom is -0.387 e. The van der Waals surface area contributed by atoms with Crippen LogP contribution in [0.25, 0.3) is 11.6 Å².